The number of amides is 3. The molecule has 0 aliphatic carbocycles. The fraction of sp³-hybridized carbons (Fsp3) is 0.192. The van der Waals surface area contributed by atoms with Gasteiger partial charge in [-0.2, -0.15) is 0 Å². The van der Waals surface area contributed by atoms with Gasteiger partial charge in [-0.05, 0) is 46.9 Å². The van der Waals surface area contributed by atoms with Crippen LogP contribution in [-0.2, 0) is 17.8 Å². The van der Waals surface area contributed by atoms with Crippen LogP contribution in [0.3, 0.4) is 0 Å². The maximum Gasteiger partial charge on any atom is 0.286 e. The van der Waals surface area contributed by atoms with Crippen molar-refractivity contribution in [2.45, 2.75) is 18.2 Å². The third kappa shape index (κ3) is 5.26. The van der Waals surface area contributed by atoms with Crippen LogP contribution < -0.4 is 10.1 Å². The molecule has 1 unspecified atom stereocenters. The Bertz CT molecular complexity index is 1190. The maximum absolute atomic E-state index is 12.9. The second-order valence-electron chi connectivity index (χ2n) is 7.85. The molecule has 0 radical (unpaired) electrons. The average Bonchev–Trinajstić information content (AvgIpc) is 3.15. The van der Waals surface area contributed by atoms with Gasteiger partial charge in [0, 0.05) is 13.6 Å². The maximum atomic E-state index is 12.9. The molecule has 0 aromatic heterocycles. The zero-order chi connectivity index (χ0) is 23.4. The van der Waals surface area contributed by atoms with Crippen molar-refractivity contribution in [2.24, 2.45) is 0 Å². The highest BCUT2D eigenvalue weighted by Crippen LogP contribution is 2.26. The topological polar surface area (TPSA) is 75.7 Å². The van der Waals surface area contributed by atoms with Crippen molar-refractivity contribution in [3.8, 4) is 16.9 Å². The summed E-state index contributed by atoms with van der Waals surface area (Å²) < 4.78 is 5.32. The number of nitrogens with one attached hydrogen (secondary N) is 1. The lowest BCUT2D eigenvalue weighted by atomic mass is 10.00. The van der Waals surface area contributed by atoms with Gasteiger partial charge in [0.1, 0.15) is 5.75 Å². The highest BCUT2D eigenvalue weighted by molar-refractivity contribution is 8.15. The minimum absolute atomic E-state index is 0.102. The molecule has 33 heavy (non-hydrogen) atoms. The zero-order valence-electron chi connectivity index (χ0n) is 18.4. The van der Waals surface area contributed by atoms with Crippen LogP contribution in [0.15, 0.2) is 72.8 Å². The van der Waals surface area contributed by atoms with Gasteiger partial charge in [-0.3, -0.25) is 19.7 Å². The molecule has 1 heterocycles. The number of hydrogen-bond acceptors (Lipinski definition) is 5. The first-order valence-corrected chi connectivity index (χ1v) is 11.4. The van der Waals surface area contributed by atoms with E-state index in [4.69, 9.17) is 4.74 Å². The van der Waals surface area contributed by atoms with E-state index in [0.717, 1.165) is 34.0 Å². The summed E-state index contributed by atoms with van der Waals surface area (Å²) in [7, 11) is 3.33. The first-order valence-electron chi connectivity index (χ1n) is 10.5. The first-order chi connectivity index (χ1) is 15.9. The molecule has 0 bridgehead atoms. The summed E-state index contributed by atoms with van der Waals surface area (Å²) in [5.41, 5.74) is 4.63. The highest BCUT2D eigenvalue weighted by atomic mass is 32.2. The van der Waals surface area contributed by atoms with Crippen molar-refractivity contribution in [3.63, 3.8) is 0 Å². The summed E-state index contributed by atoms with van der Waals surface area (Å²) in [5, 5.41) is 1.66. The summed E-state index contributed by atoms with van der Waals surface area (Å²) in [5.74, 6) is 0.226. The van der Waals surface area contributed by atoms with E-state index in [1.165, 1.54) is 0 Å². The van der Waals surface area contributed by atoms with Crippen LogP contribution in [0.4, 0.5) is 4.79 Å². The van der Waals surface area contributed by atoms with Gasteiger partial charge in [-0.25, -0.2) is 0 Å². The lowest BCUT2D eigenvalue weighted by Crippen LogP contribution is -2.26. The van der Waals surface area contributed by atoms with E-state index in [0.29, 0.717) is 24.3 Å². The smallest absolute Gasteiger partial charge is 0.286 e. The fourth-order valence-electron chi connectivity index (χ4n) is 3.80. The molecule has 1 aliphatic rings. The molecule has 1 saturated heterocycles. The number of carbonyl (C=O) groups is 3. The summed E-state index contributed by atoms with van der Waals surface area (Å²) in [6.45, 7) is 0.463. The predicted octanol–water partition coefficient (Wildman–Crippen LogP) is 4.53. The molecule has 1 aliphatic heterocycles. The second-order valence-corrected chi connectivity index (χ2v) is 9.02. The molecule has 4 rings (SSSR count). The number of para-hydroxylation sites is 1. The van der Waals surface area contributed by atoms with Crippen LogP contribution in [0.25, 0.3) is 11.1 Å². The van der Waals surface area contributed by atoms with Gasteiger partial charge in [-0.15, -0.1) is 0 Å². The third-order valence-electron chi connectivity index (χ3n) is 5.51. The number of hydrogen-bond donors (Lipinski definition) is 1. The largest absolute Gasteiger partial charge is 0.496 e. The van der Waals surface area contributed by atoms with Gasteiger partial charge >= 0.3 is 0 Å². The van der Waals surface area contributed by atoms with E-state index in [-0.39, 0.29) is 22.3 Å². The molecule has 0 saturated carbocycles. The minimum Gasteiger partial charge on any atom is -0.496 e. The van der Waals surface area contributed by atoms with Crippen LogP contribution in [0.5, 0.6) is 5.75 Å². The van der Waals surface area contributed by atoms with Gasteiger partial charge in [0.2, 0.25) is 5.91 Å². The van der Waals surface area contributed by atoms with Gasteiger partial charge in [0.05, 0.1) is 17.9 Å². The SMILES string of the molecule is COc1ccccc1C(=O)N(C)Cc1cccc(-c2ccc(CC3SC(=O)NC3=O)cc2)c1. The van der Waals surface area contributed by atoms with E-state index in [2.05, 4.69) is 11.4 Å². The molecule has 7 heteroatoms. The van der Waals surface area contributed by atoms with E-state index >= 15 is 0 Å². The summed E-state index contributed by atoms with van der Waals surface area (Å²) in [6.07, 6.45) is 0.512. The van der Waals surface area contributed by atoms with Crippen molar-refractivity contribution in [3.05, 3.63) is 89.5 Å². The standard InChI is InChI=1S/C26H24N2O4S/c1-28(25(30)21-8-3-4-9-22(21)32-2)16-18-6-5-7-20(14-18)19-12-10-17(11-13-19)15-23-24(29)27-26(31)33-23/h3-14,23H,15-16H2,1-2H3,(H,27,29,31). The lowest BCUT2D eigenvalue weighted by molar-refractivity contribution is -0.118. The second kappa shape index (κ2) is 9.92. The Kier molecular flexibility index (Phi) is 6.79. The number of carbonyl (C=O) groups excluding carboxylic acids is 3. The number of ether oxygens (including phenoxy) is 1. The van der Waals surface area contributed by atoms with Gasteiger partial charge in [0.15, 0.2) is 0 Å². The molecule has 1 N–H and O–H groups in total. The third-order valence-corrected chi connectivity index (χ3v) is 6.49. The van der Waals surface area contributed by atoms with E-state index < -0.39 is 0 Å². The Morgan fingerprint density at radius 3 is 2.42 bits per heavy atom. The van der Waals surface area contributed by atoms with Crippen LogP contribution in [0.2, 0.25) is 0 Å². The van der Waals surface area contributed by atoms with Crippen LogP contribution in [-0.4, -0.2) is 41.4 Å². The van der Waals surface area contributed by atoms with Crippen molar-refractivity contribution in [1.82, 2.24) is 10.2 Å². The first kappa shape index (κ1) is 22.6. The molecule has 6 nitrogen and oxygen atoms in total. The normalized spacial score (nSPS) is 15.3. The van der Waals surface area contributed by atoms with Gasteiger partial charge in [-0.1, -0.05) is 66.4 Å². The molecule has 3 amide bonds. The monoisotopic (exact) mass is 460 g/mol. The molecule has 0 spiro atoms. The van der Waals surface area contributed by atoms with Crippen LogP contribution >= 0.6 is 11.8 Å². The van der Waals surface area contributed by atoms with Crippen molar-refractivity contribution in [1.29, 1.82) is 0 Å². The number of methoxy groups -OCH3 is 1. The number of imide groups is 1. The summed E-state index contributed by atoms with van der Waals surface area (Å²) in [4.78, 5) is 37.7. The molecule has 3 aromatic carbocycles. The Morgan fingerprint density at radius 2 is 1.73 bits per heavy atom. The van der Waals surface area contributed by atoms with E-state index in [9.17, 15) is 14.4 Å². The van der Waals surface area contributed by atoms with Gasteiger partial charge < -0.3 is 9.64 Å². The molecule has 3 aromatic rings. The Balaban J connectivity index is 1.45. The molecular formula is C26H24N2O4S. The molecule has 1 fully saturated rings. The molecule has 1 atom stereocenters. The number of thioether (sulfide) groups is 1. The number of nitrogens with zero attached hydrogens (tertiary/aromatic N) is 1. The predicted molar refractivity (Wildman–Crippen MR) is 129 cm³/mol. The van der Waals surface area contributed by atoms with Crippen molar-refractivity contribution >= 4 is 28.8 Å². The molecule has 168 valence electrons. The van der Waals surface area contributed by atoms with Crippen LogP contribution in [0.1, 0.15) is 21.5 Å². The summed E-state index contributed by atoms with van der Waals surface area (Å²) in [6, 6.07) is 23.3. The Hall–Kier alpha value is -3.58. The molecular weight excluding hydrogens is 436 g/mol. The summed E-state index contributed by atoms with van der Waals surface area (Å²) >= 11 is 1.04. The van der Waals surface area contributed by atoms with Gasteiger partial charge in [0.25, 0.3) is 11.1 Å². The van der Waals surface area contributed by atoms with Crippen LogP contribution in [0, 0.1) is 0 Å². The number of rotatable bonds is 7. The number of benzene rings is 3. The van der Waals surface area contributed by atoms with E-state index in [1.54, 1.807) is 31.2 Å². The van der Waals surface area contributed by atoms with Crippen molar-refractivity contribution in [2.75, 3.05) is 14.2 Å². The quantitative estimate of drug-likeness (QED) is 0.561. The average molecular weight is 461 g/mol. The highest BCUT2D eigenvalue weighted by Gasteiger charge is 2.31. The lowest BCUT2D eigenvalue weighted by Gasteiger charge is -2.19. The van der Waals surface area contributed by atoms with E-state index in [1.807, 2.05) is 54.6 Å². The Morgan fingerprint density at radius 1 is 0.970 bits per heavy atom. The zero-order valence-corrected chi connectivity index (χ0v) is 19.2. The van der Waals surface area contributed by atoms with Crippen molar-refractivity contribution < 1.29 is 19.1 Å². The Labute approximate surface area is 196 Å². The minimum atomic E-state index is -0.372. The fourth-order valence-corrected chi connectivity index (χ4v) is 4.66.